The molecule has 2 N–H and O–H groups in total. The molecule has 0 aliphatic carbocycles. The van der Waals surface area contributed by atoms with E-state index in [1.807, 2.05) is 24.3 Å². The zero-order chi connectivity index (χ0) is 14.1. The summed E-state index contributed by atoms with van der Waals surface area (Å²) in [5, 5.41) is 13.0. The summed E-state index contributed by atoms with van der Waals surface area (Å²) >= 11 is 0. The number of benzene rings is 1. The van der Waals surface area contributed by atoms with E-state index in [9.17, 15) is 9.90 Å². The van der Waals surface area contributed by atoms with Crippen LogP contribution in [0.3, 0.4) is 0 Å². The Labute approximate surface area is 118 Å². The number of ether oxygens (including phenoxy) is 1. The predicted molar refractivity (Wildman–Crippen MR) is 74.3 cm³/mol. The topological polar surface area (TPSA) is 61.8 Å². The highest BCUT2D eigenvalue weighted by atomic mass is 16.5. The first-order valence-corrected chi connectivity index (χ1v) is 7.03. The molecule has 1 unspecified atom stereocenters. The van der Waals surface area contributed by atoms with Gasteiger partial charge in [0.25, 0.3) is 5.91 Å². The number of carbonyl (C=O) groups excluding carboxylic acids is 1. The summed E-state index contributed by atoms with van der Waals surface area (Å²) in [5.41, 5.74) is 2.13. The van der Waals surface area contributed by atoms with Crippen LogP contribution in [0.15, 0.2) is 24.3 Å². The number of nitrogens with zero attached hydrogens (tertiary/aromatic N) is 1. The van der Waals surface area contributed by atoms with Crippen molar-refractivity contribution in [1.29, 1.82) is 0 Å². The van der Waals surface area contributed by atoms with Gasteiger partial charge in [-0.15, -0.1) is 0 Å². The minimum absolute atomic E-state index is 0.0788. The third kappa shape index (κ3) is 2.32. The number of amides is 1. The fraction of sp³-hybridized carbons (Fsp3) is 0.533. The van der Waals surface area contributed by atoms with Crippen molar-refractivity contribution in [2.24, 2.45) is 0 Å². The molecule has 1 saturated heterocycles. The zero-order valence-electron chi connectivity index (χ0n) is 11.6. The Morgan fingerprint density at radius 3 is 2.95 bits per heavy atom. The number of nitrogens with one attached hydrogen (secondary N) is 1. The van der Waals surface area contributed by atoms with E-state index in [1.165, 1.54) is 5.56 Å². The molecule has 1 fully saturated rings. The Morgan fingerprint density at radius 1 is 1.40 bits per heavy atom. The van der Waals surface area contributed by atoms with Crippen LogP contribution in [-0.2, 0) is 16.0 Å². The largest absolute Gasteiger partial charge is 0.390 e. The molecule has 0 bridgehead atoms. The summed E-state index contributed by atoms with van der Waals surface area (Å²) in [6.45, 7) is 1.72. The maximum absolute atomic E-state index is 12.7. The van der Waals surface area contributed by atoms with Gasteiger partial charge in [-0.05, 0) is 17.5 Å². The second-order valence-corrected chi connectivity index (χ2v) is 5.44. The third-order valence-electron chi connectivity index (χ3n) is 4.21. The third-order valence-corrected chi connectivity index (χ3v) is 4.21. The highest BCUT2D eigenvalue weighted by molar-refractivity contribution is 5.83. The SMILES string of the molecule is CN(C(=O)C1OCCc2ccccc21)[C@H]1CNC[C@@H]1O. The van der Waals surface area contributed by atoms with E-state index in [0.29, 0.717) is 19.7 Å². The van der Waals surface area contributed by atoms with Gasteiger partial charge in [-0.25, -0.2) is 0 Å². The van der Waals surface area contributed by atoms with Crippen molar-refractivity contribution in [1.82, 2.24) is 10.2 Å². The van der Waals surface area contributed by atoms with Gasteiger partial charge in [-0.1, -0.05) is 24.3 Å². The Kier molecular flexibility index (Phi) is 3.74. The number of aliphatic hydroxyl groups excluding tert-OH is 1. The molecular formula is C15H20N2O3. The van der Waals surface area contributed by atoms with E-state index in [2.05, 4.69) is 5.32 Å². The van der Waals surface area contributed by atoms with Crippen LogP contribution in [0.4, 0.5) is 0 Å². The van der Waals surface area contributed by atoms with Crippen LogP contribution in [0.5, 0.6) is 0 Å². The lowest BCUT2D eigenvalue weighted by Gasteiger charge is -2.32. The molecule has 1 aromatic rings. The highest BCUT2D eigenvalue weighted by Crippen LogP contribution is 2.29. The van der Waals surface area contributed by atoms with Crippen molar-refractivity contribution in [2.45, 2.75) is 24.7 Å². The monoisotopic (exact) mass is 276 g/mol. The first-order valence-electron chi connectivity index (χ1n) is 7.03. The summed E-state index contributed by atoms with van der Waals surface area (Å²) in [6, 6.07) is 7.73. The number of aliphatic hydroxyl groups is 1. The van der Waals surface area contributed by atoms with Gasteiger partial charge in [-0.2, -0.15) is 0 Å². The first-order chi connectivity index (χ1) is 9.68. The molecule has 5 heteroatoms. The predicted octanol–water partition coefficient (Wildman–Crippen LogP) is 0.0915. The lowest BCUT2D eigenvalue weighted by atomic mass is 9.96. The number of hydrogen-bond acceptors (Lipinski definition) is 4. The Balaban J connectivity index is 1.81. The number of likely N-dealkylation sites (N-methyl/N-ethyl adjacent to an activating group) is 1. The van der Waals surface area contributed by atoms with E-state index >= 15 is 0 Å². The van der Waals surface area contributed by atoms with Gasteiger partial charge in [0.05, 0.1) is 18.8 Å². The molecule has 2 aliphatic rings. The van der Waals surface area contributed by atoms with Crippen molar-refractivity contribution in [3.05, 3.63) is 35.4 Å². The molecule has 2 aliphatic heterocycles. The molecule has 0 radical (unpaired) electrons. The van der Waals surface area contributed by atoms with Crippen LogP contribution in [0.2, 0.25) is 0 Å². The van der Waals surface area contributed by atoms with Gasteiger partial charge in [0, 0.05) is 20.1 Å². The zero-order valence-corrected chi connectivity index (χ0v) is 11.6. The fourth-order valence-electron chi connectivity index (χ4n) is 2.99. The fourth-order valence-corrected chi connectivity index (χ4v) is 2.99. The molecule has 1 amide bonds. The van der Waals surface area contributed by atoms with Crippen molar-refractivity contribution in [2.75, 3.05) is 26.7 Å². The van der Waals surface area contributed by atoms with Crippen LogP contribution in [-0.4, -0.2) is 54.8 Å². The van der Waals surface area contributed by atoms with Crippen molar-refractivity contribution < 1.29 is 14.6 Å². The van der Waals surface area contributed by atoms with E-state index in [-0.39, 0.29) is 11.9 Å². The molecule has 108 valence electrons. The number of fused-ring (bicyclic) bond motifs is 1. The molecule has 3 rings (SSSR count). The second-order valence-electron chi connectivity index (χ2n) is 5.44. The molecular weight excluding hydrogens is 256 g/mol. The van der Waals surface area contributed by atoms with Crippen LogP contribution >= 0.6 is 0 Å². The average Bonchev–Trinajstić information content (AvgIpc) is 2.91. The molecule has 20 heavy (non-hydrogen) atoms. The molecule has 2 heterocycles. The molecule has 0 aromatic heterocycles. The number of β-amino-alcohol motifs (C(OH)–C–C–N with tert-alkyl or cyclic N) is 1. The summed E-state index contributed by atoms with van der Waals surface area (Å²) in [6.07, 6.45) is -0.211. The van der Waals surface area contributed by atoms with E-state index in [0.717, 1.165) is 12.0 Å². The summed E-state index contributed by atoms with van der Waals surface area (Å²) in [7, 11) is 1.74. The molecule has 0 saturated carbocycles. The second kappa shape index (κ2) is 5.52. The minimum atomic E-state index is -0.544. The van der Waals surface area contributed by atoms with Gasteiger partial charge in [0.15, 0.2) is 6.10 Å². The standard InChI is InChI=1S/C15H20N2O3/c1-17(12-8-16-9-13(12)18)15(19)14-11-5-3-2-4-10(11)6-7-20-14/h2-5,12-14,16,18H,6-9H2,1H3/t12-,13-,14?/m0/s1. The van der Waals surface area contributed by atoms with Gasteiger partial charge in [0.1, 0.15) is 0 Å². The summed E-state index contributed by atoms with van der Waals surface area (Å²) in [4.78, 5) is 14.3. The number of carbonyl (C=O) groups is 1. The van der Waals surface area contributed by atoms with E-state index in [1.54, 1.807) is 11.9 Å². The van der Waals surface area contributed by atoms with Gasteiger partial charge >= 0.3 is 0 Å². The smallest absolute Gasteiger partial charge is 0.256 e. The maximum Gasteiger partial charge on any atom is 0.256 e. The van der Waals surface area contributed by atoms with Crippen LogP contribution < -0.4 is 5.32 Å². The van der Waals surface area contributed by atoms with Crippen molar-refractivity contribution in [3.63, 3.8) is 0 Å². The quantitative estimate of drug-likeness (QED) is 0.804. The number of rotatable bonds is 2. The highest BCUT2D eigenvalue weighted by Gasteiger charge is 2.36. The molecule has 3 atom stereocenters. The normalized spacial score (nSPS) is 29.0. The maximum atomic E-state index is 12.7. The molecule has 5 nitrogen and oxygen atoms in total. The average molecular weight is 276 g/mol. The first kappa shape index (κ1) is 13.5. The number of hydrogen-bond donors (Lipinski definition) is 2. The molecule has 0 spiro atoms. The Morgan fingerprint density at radius 2 is 2.20 bits per heavy atom. The molecule has 1 aromatic carbocycles. The van der Waals surface area contributed by atoms with Crippen molar-refractivity contribution >= 4 is 5.91 Å². The van der Waals surface area contributed by atoms with E-state index in [4.69, 9.17) is 4.74 Å². The van der Waals surface area contributed by atoms with Gasteiger partial charge in [0.2, 0.25) is 0 Å². The van der Waals surface area contributed by atoms with E-state index < -0.39 is 12.2 Å². The van der Waals surface area contributed by atoms with Crippen molar-refractivity contribution in [3.8, 4) is 0 Å². The van der Waals surface area contributed by atoms with Crippen LogP contribution in [0.1, 0.15) is 17.2 Å². The Hall–Kier alpha value is -1.43. The lowest BCUT2D eigenvalue weighted by Crippen LogP contribution is -2.47. The summed E-state index contributed by atoms with van der Waals surface area (Å²) < 4.78 is 5.69. The van der Waals surface area contributed by atoms with Gasteiger partial charge < -0.3 is 20.1 Å². The van der Waals surface area contributed by atoms with Crippen LogP contribution in [0, 0.1) is 0 Å². The van der Waals surface area contributed by atoms with Gasteiger partial charge in [-0.3, -0.25) is 4.79 Å². The minimum Gasteiger partial charge on any atom is -0.390 e. The lowest BCUT2D eigenvalue weighted by molar-refractivity contribution is -0.147. The Bertz CT molecular complexity index is 506. The van der Waals surface area contributed by atoms with Crippen LogP contribution in [0.25, 0.3) is 0 Å². The summed E-state index contributed by atoms with van der Waals surface area (Å²) in [5.74, 6) is -0.0788.